The Morgan fingerprint density at radius 2 is 1.74 bits per heavy atom. The molecule has 19 heavy (non-hydrogen) atoms. The second kappa shape index (κ2) is 5.72. The molecule has 104 valence electrons. The summed E-state index contributed by atoms with van der Waals surface area (Å²) < 4.78 is 0. The maximum atomic E-state index is 10.6. The zero-order chi connectivity index (χ0) is 13.9. The van der Waals surface area contributed by atoms with Gasteiger partial charge in [0.05, 0.1) is 12.0 Å². The van der Waals surface area contributed by atoms with Crippen LogP contribution in [0.25, 0.3) is 0 Å². The molecule has 0 spiro atoms. The molecule has 1 aliphatic rings. The van der Waals surface area contributed by atoms with E-state index in [0.29, 0.717) is 0 Å². The predicted octanol–water partition coefficient (Wildman–Crippen LogP) is 1.66. The van der Waals surface area contributed by atoms with Crippen LogP contribution in [0.3, 0.4) is 0 Å². The van der Waals surface area contributed by atoms with Crippen LogP contribution in [0.1, 0.15) is 30.9 Å². The number of aliphatic hydroxyl groups is 1. The summed E-state index contributed by atoms with van der Waals surface area (Å²) in [5.74, 6) is -0.800. The standard InChI is InChI=1S/C15H21NO3/c1-15(19)6-8-16(9-7-15)11-13-4-2-12(3-5-13)10-14(17)18/h2-5,19H,6-11H2,1H3,(H,17,18). The second-order valence-corrected chi connectivity index (χ2v) is 5.66. The van der Waals surface area contributed by atoms with Crippen molar-refractivity contribution in [1.29, 1.82) is 0 Å². The van der Waals surface area contributed by atoms with Crippen molar-refractivity contribution in [2.24, 2.45) is 0 Å². The van der Waals surface area contributed by atoms with E-state index in [9.17, 15) is 9.90 Å². The molecule has 0 saturated carbocycles. The van der Waals surface area contributed by atoms with E-state index in [2.05, 4.69) is 4.90 Å². The minimum Gasteiger partial charge on any atom is -0.481 e. The number of piperidine rings is 1. The van der Waals surface area contributed by atoms with Gasteiger partial charge in [0.1, 0.15) is 0 Å². The van der Waals surface area contributed by atoms with Gasteiger partial charge in [-0.1, -0.05) is 24.3 Å². The van der Waals surface area contributed by atoms with E-state index >= 15 is 0 Å². The van der Waals surface area contributed by atoms with Gasteiger partial charge in [-0.25, -0.2) is 0 Å². The summed E-state index contributed by atoms with van der Waals surface area (Å²) in [4.78, 5) is 12.9. The van der Waals surface area contributed by atoms with Gasteiger partial charge in [0, 0.05) is 19.6 Å². The van der Waals surface area contributed by atoms with Crippen LogP contribution in [0.2, 0.25) is 0 Å². The lowest BCUT2D eigenvalue weighted by molar-refractivity contribution is -0.136. The first kappa shape index (κ1) is 14.0. The molecular formula is C15H21NO3. The molecule has 1 aromatic carbocycles. The number of benzene rings is 1. The van der Waals surface area contributed by atoms with E-state index in [0.717, 1.165) is 38.0 Å². The molecule has 0 aliphatic carbocycles. The molecule has 1 aromatic rings. The fraction of sp³-hybridized carbons (Fsp3) is 0.533. The zero-order valence-electron chi connectivity index (χ0n) is 11.3. The predicted molar refractivity (Wildman–Crippen MR) is 72.9 cm³/mol. The first-order chi connectivity index (χ1) is 8.94. The number of carbonyl (C=O) groups is 1. The quantitative estimate of drug-likeness (QED) is 0.867. The number of carboxylic acid groups (broad SMARTS) is 1. The molecule has 0 amide bonds. The first-order valence-electron chi connectivity index (χ1n) is 6.69. The highest BCUT2D eigenvalue weighted by molar-refractivity contribution is 5.70. The van der Waals surface area contributed by atoms with E-state index in [1.54, 1.807) is 0 Å². The largest absolute Gasteiger partial charge is 0.481 e. The lowest BCUT2D eigenvalue weighted by Crippen LogP contribution is -2.41. The van der Waals surface area contributed by atoms with Crippen molar-refractivity contribution in [3.05, 3.63) is 35.4 Å². The van der Waals surface area contributed by atoms with Crippen molar-refractivity contribution in [1.82, 2.24) is 4.90 Å². The Morgan fingerprint density at radius 1 is 1.21 bits per heavy atom. The first-order valence-corrected chi connectivity index (χ1v) is 6.69. The highest BCUT2D eigenvalue weighted by Gasteiger charge is 2.26. The molecule has 1 fully saturated rings. The van der Waals surface area contributed by atoms with Crippen LogP contribution in [0, 0.1) is 0 Å². The van der Waals surface area contributed by atoms with E-state index in [1.807, 2.05) is 31.2 Å². The molecule has 0 unspecified atom stereocenters. The Kier molecular flexibility index (Phi) is 4.22. The van der Waals surface area contributed by atoms with Crippen LogP contribution in [0.15, 0.2) is 24.3 Å². The zero-order valence-corrected chi connectivity index (χ0v) is 11.3. The van der Waals surface area contributed by atoms with E-state index < -0.39 is 11.6 Å². The van der Waals surface area contributed by atoms with Crippen LogP contribution in [-0.2, 0) is 17.8 Å². The summed E-state index contributed by atoms with van der Waals surface area (Å²) in [6.45, 7) is 4.57. The third-order valence-electron chi connectivity index (χ3n) is 3.72. The molecule has 1 aliphatic heterocycles. The normalized spacial score (nSPS) is 19.3. The molecule has 1 saturated heterocycles. The minimum atomic E-state index is -0.800. The van der Waals surface area contributed by atoms with Crippen LogP contribution in [0.4, 0.5) is 0 Å². The molecule has 2 rings (SSSR count). The maximum absolute atomic E-state index is 10.6. The third-order valence-corrected chi connectivity index (χ3v) is 3.72. The number of nitrogens with zero attached hydrogens (tertiary/aromatic N) is 1. The molecule has 2 N–H and O–H groups in total. The van der Waals surface area contributed by atoms with Gasteiger partial charge < -0.3 is 10.2 Å². The molecule has 0 aromatic heterocycles. The van der Waals surface area contributed by atoms with Crippen LogP contribution < -0.4 is 0 Å². The van der Waals surface area contributed by atoms with Crippen molar-refractivity contribution >= 4 is 5.97 Å². The van der Waals surface area contributed by atoms with Crippen LogP contribution in [-0.4, -0.2) is 39.8 Å². The number of hydrogen-bond donors (Lipinski definition) is 2. The average Bonchev–Trinajstić information content (AvgIpc) is 2.34. The molecule has 0 atom stereocenters. The molecule has 4 heteroatoms. The number of hydrogen-bond acceptors (Lipinski definition) is 3. The molecule has 4 nitrogen and oxygen atoms in total. The van der Waals surface area contributed by atoms with Gasteiger partial charge in [0.2, 0.25) is 0 Å². The topological polar surface area (TPSA) is 60.8 Å². The van der Waals surface area contributed by atoms with Crippen molar-refractivity contribution in [3.63, 3.8) is 0 Å². The van der Waals surface area contributed by atoms with Crippen molar-refractivity contribution < 1.29 is 15.0 Å². The average molecular weight is 263 g/mol. The summed E-state index contributed by atoms with van der Waals surface area (Å²) in [7, 11) is 0. The van der Waals surface area contributed by atoms with E-state index in [-0.39, 0.29) is 6.42 Å². The molecule has 0 radical (unpaired) electrons. The second-order valence-electron chi connectivity index (χ2n) is 5.66. The number of aliphatic carboxylic acids is 1. The number of rotatable bonds is 4. The van der Waals surface area contributed by atoms with E-state index in [1.165, 1.54) is 5.56 Å². The Balaban J connectivity index is 1.88. The highest BCUT2D eigenvalue weighted by Crippen LogP contribution is 2.22. The summed E-state index contributed by atoms with van der Waals surface area (Å²) in [5.41, 5.74) is 1.51. The van der Waals surface area contributed by atoms with Crippen LogP contribution in [0.5, 0.6) is 0 Å². The molecule has 0 bridgehead atoms. The summed E-state index contributed by atoms with van der Waals surface area (Å²) in [6, 6.07) is 7.74. The van der Waals surface area contributed by atoms with Gasteiger partial charge in [-0.05, 0) is 30.9 Å². The highest BCUT2D eigenvalue weighted by atomic mass is 16.4. The number of likely N-dealkylation sites (tertiary alicyclic amines) is 1. The molecule has 1 heterocycles. The maximum Gasteiger partial charge on any atom is 0.307 e. The lowest BCUT2D eigenvalue weighted by Gasteiger charge is -2.35. The minimum absolute atomic E-state index is 0.0763. The van der Waals surface area contributed by atoms with Gasteiger partial charge in [0.15, 0.2) is 0 Å². The summed E-state index contributed by atoms with van der Waals surface area (Å²) >= 11 is 0. The Hall–Kier alpha value is -1.39. The van der Waals surface area contributed by atoms with E-state index in [4.69, 9.17) is 5.11 Å². The van der Waals surface area contributed by atoms with Gasteiger partial charge in [0.25, 0.3) is 0 Å². The fourth-order valence-corrected chi connectivity index (χ4v) is 2.39. The lowest BCUT2D eigenvalue weighted by atomic mass is 9.93. The van der Waals surface area contributed by atoms with Crippen molar-refractivity contribution in [2.45, 2.75) is 38.3 Å². The molecular weight excluding hydrogens is 242 g/mol. The van der Waals surface area contributed by atoms with Crippen molar-refractivity contribution in [2.75, 3.05) is 13.1 Å². The Morgan fingerprint density at radius 3 is 2.26 bits per heavy atom. The summed E-state index contributed by atoms with van der Waals surface area (Å²) in [5, 5.41) is 18.6. The third kappa shape index (κ3) is 4.33. The van der Waals surface area contributed by atoms with Crippen molar-refractivity contribution in [3.8, 4) is 0 Å². The van der Waals surface area contributed by atoms with Gasteiger partial charge >= 0.3 is 5.97 Å². The van der Waals surface area contributed by atoms with Gasteiger partial charge in [-0.15, -0.1) is 0 Å². The van der Waals surface area contributed by atoms with Gasteiger partial charge in [-0.2, -0.15) is 0 Å². The Bertz CT molecular complexity index is 429. The SMILES string of the molecule is CC1(O)CCN(Cc2ccc(CC(=O)O)cc2)CC1. The number of carboxylic acids is 1. The Labute approximate surface area is 113 Å². The fourth-order valence-electron chi connectivity index (χ4n) is 2.39. The van der Waals surface area contributed by atoms with Crippen LogP contribution >= 0.6 is 0 Å². The smallest absolute Gasteiger partial charge is 0.307 e. The summed E-state index contributed by atoms with van der Waals surface area (Å²) in [6.07, 6.45) is 1.70. The monoisotopic (exact) mass is 263 g/mol. The van der Waals surface area contributed by atoms with Gasteiger partial charge in [-0.3, -0.25) is 9.69 Å².